The molecule has 1 aromatic rings. The van der Waals surface area contributed by atoms with Crippen LogP contribution in [0.1, 0.15) is 52.0 Å². The molecule has 1 saturated heterocycles. The summed E-state index contributed by atoms with van der Waals surface area (Å²) in [6.45, 7) is 11.0. The lowest BCUT2D eigenvalue weighted by atomic mass is 9.77. The van der Waals surface area contributed by atoms with Crippen molar-refractivity contribution in [1.82, 2.24) is 15.1 Å². The Balaban J connectivity index is 1.29. The normalized spacial score (nSPS) is 20.4. The van der Waals surface area contributed by atoms with Gasteiger partial charge in [-0.3, -0.25) is 9.69 Å². The van der Waals surface area contributed by atoms with Gasteiger partial charge in [0.1, 0.15) is 18.8 Å². The first-order chi connectivity index (χ1) is 15.8. The molecule has 8 nitrogen and oxygen atoms in total. The number of ether oxygens (including phenoxy) is 3. The predicted molar refractivity (Wildman–Crippen MR) is 125 cm³/mol. The van der Waals surface area contributed by atoms with Crippen LogP contribution in [0.3, 0.4) is 0 Å². The molecule has 0 spiro atoms. The van der Waals surface area contributed by atoms with Crippen LogP contribution in [0, 0.1) is 0 Å². The Bertz CT molecular complexity index is 852. The van der Waals surface area contributed by atoms with Crippen molar-refractivity contribution in [3.8, 4) is 11.5 Å². The summed E-state index contributed by atoms with van der Waals surface area (Å²) in [7, 11) is 0. The van der Waals surface area contributed by atoms with E-state index in [1.165, 1.54) is 0 Å². The minimum Gasteiger partial charge on any atom is -0.486 e. The topological polar surface area (TPSA) is 80.3 Å². The maximum atomic E-state index is 13.4. The molecule has 1 aliphatic carbocycles. The number of benzene rings is 1. The Hall–Kier alpha value is -2.48. The quantitative estimate of drug-likeness (QED) is 0.729. The number of piperazine rings is 1. The molecule has 2 aliphatic heterocycles. The summed E-state index contributed by atoms with van der Waals surface area (Å²) >= 11 is 0. The van der Waals surface area contributed by atoms with E-state index >= 15 is 0 Å². The van der Waals surface area contributed by atoms with Crippen LogP contribution in [0.2, 0.25) is 0 Å². The SMILES string of the molecule is CC(C)(C)OC(=O)N1CCN(CCNC(=O)C2(c3ccc4c(c3)OCCO4)CCCC2)CC1. The Morgan fingerprint density at radius 3 is 2.36 bits per heavy atom. The highest BCUT2D eigenvalue weighted by atomic mass is 16.6. The second-order valence-electron chi connectivity index (χ2n) is 10.2. The van der Waals surface area contributed by atoms with Gasteiger partial charge in [0, 0.05) is 39.3 Å². The maximum absolute atomic E-state index is 13.4. The van der Waals surface area contributed by atoms with Crippen molar-refractivity contribution in [2.75, 3.05) is 52.5 Å². The van der Waals surface area contributed by atoms with Crippen molar-refractivity contribution in [3.63, 3.8) is 0 Å². The van der Waals surface area contributed by atoms with Crippen molar-refractivity contribution in [3.05, 3.63) is 23.8 Å². The van der Waals surface area contributed by atoms with Crippen LogP contribution in [-0.2, 0) is 14.9 Å². The molecule has 182 valence electrons. The number of carbonyl (C=O) groups is 2. The first kappa shape index (κ1) is 23.7. The zero-order chi connectivity index (χ0) is 23.5. The highest BCUT2D eigenvalue weighted by Gasteiger charge is 2.43. The van der Waals surface area contributed by atoms with Crippen molar-refractivity contribution >= 4 is 12.0 Å². The van der Waals surface area contributed by atoms with E-state index < -0.39 is 11.0 Å². The van der Waals surface area contributed by atoms with Gasteiger partial charge in [0.05, 0.1) is 5.41 Å². The predicted octanol–water partition coefficient (Wildman–Crippen LogP) is 2.94. The fraction of sp³-hybridized carbons (Fsp3) is 0.680. The highest BCUT2D eigenvalue weighted by Crippen LogP contribution is 2.44. The van der Waals surface area contributed by atoms with Gasteiger partial charge in [-0.2, -0.15) is 0 Å². The average Bonchev–Trinajstić information content (AvgIpc) is 3.29. The molecule has 33 heavy (non-hydrogen) atoms. The summed E-state index contributed by atoms with van der Waals surface area (Å²) in [6, 6.07) is 5.95. The van der Waals surface area contributed by atoms with Crippen molar-refractivity contribution in [1.29, 1.82) is 0 Å². The highest BCUT2D eigenvalue weighted by molar-refractivity contribution is 5.88. The molecule has 0 unspecified atom stereocenters. The third-order valence-electron chi connectivity index (χ3n) is 6.72. The van der Waals surface area contributed by atoms with E-state index in [2.05, 4.69) is 10.2 Å². The number of amides is 2. The van der Waals surface area contributed by atoms with Crippen molar-refractivity contribution in [2.24, 2.45) is 0 Å². The molecule has 0 atom stereocenters. The molecule has 0 radical (unpaired) electrons. The van der Waals surface area contributed by atoms with Gasteiger partial charge >= 0.3 is 6.09 Å². The molecule has 1 N–H and O–H groups in total. The van der Waals surface area contributed by atoms with E-state index in [-0.39, 0.29) is 12.0 Å². The lowest BCUT2D eigenvalue weighted by Gasteiger charge is -2.36. The summed E-state index contributed by atoms with van der Waals surface area (Å²) in [4.78, 5) is 29.7. The fourth-order valence-corrected chi connectivity index (χ4v) is 4.94. The summed E-state index contributed by atoms with van der Waals surface area (Å²) in [5, 5.41) is 3.20. The second kappa shape index (κ2) is 9.79. The molecule has 3 aliphatic rings. The molecule has 4 rings (SSSR count). The lowest BCUT2D eigenvalue weighted by molar-refractivity contribution is -0.126. The third-order valence-corrected chi connectivity index (χ3v) is 6.72. The van der Waals surface area contributed by atoms with E-state index in [1.807, 2.05) is 39.0 Å². The average molecular weight is 460 g/mol. The van der Waals surface area contributed by atoms with Gasteiger partial charge in [-0.1, -0.05) is 18.9 Å². The van der Waals surface area contributed by atoms with Gasteiger partial charge in [0.2, 0.25) is 5.91 Å². The Labute approximate surface area is 196 Å². The van der Waals surface area contributed by atoms with Crippen LogP contribution in [0.25, 0.3) is 0 Å². The molecule has 8 heteroatoms. The number of fused-ring (bicyclic) bond motifs is 1. The van der Waals surface area contributed by atoms with Crippen LogP contribution < -0.4 is 14.8 Å². The summed E-state index contributed by atoms with van der Waals surface area (Å²) in [5.41, 5.74) is 0.0460. The Morgan fingerprint density at radius 2 is 1.70 bits per heavy atom. The van der Waals surface area contributed by atoms with Crippen LogP contribution >= 0.6 is 0 Å². The number of nitrogens with one attached hydrogen (secondary N) is 1. The second-order valence-corrected chi connectivity index (χ2v) is 10.2. The van der Waals surface area contributed by atoms with Gasteiger partial charge in [-0.15, -0.1) is 0 Å². The molecular formula is C25H37N3O5. The van der Waals surface area contributed by atoms with Crippen LogP contribution in [-0.4, -0.2) is 79.9 Å². The molecule has 2 fully saturated rings. The summed E-state index contributed by atoms with van der Waals surface area (Å²) in [6.07, 6.45) is 3.56. The van der Waals surface area contributed by atoms with Gasteiger partial charge in [0.15, 0.2) is 11.5 Å². The van der Waals surface area contributed by atoms with E-state index in [4.69, 9.17) is 14.2 Å². The molecule has 1 saturated carbocycles. The summed E-state index contributed by atoms with van der Waals surface area (Å²) in [5.74, 6) is 1.59. The van der Waals surface area contributed by atoms with Crippen molar-refractivity contribution < 1.29 is 23.8 Å². The first-order valence-electron chi connectivity index (χ1n) is 12.2. The van der Waals surface area contributed by atoms with Gasteiger partial charge < -0.3 is 24.4 Å². The smallest absolute Gasteiger partial charge is 0.410 e. The number of hydrogen-bond donors (Lipinski definition) is 1. The third kappa shape index (κ3) is 5.54. The monoisotopic (exact) mass is 459 g/mol. The lowest BCUT2D eigenvalue weighted by Crippen LogP contribution is -2.52. The van der Waals surface area contributed by atoms with E-state index in [0.717, 1.165) is 62.4 Å². The number of hydrogen-bond acceptors (Lipinski definition) is 6. The fourth-order valence-electron chi connectivity index (χ4n) is 4.94. The van der Waals surface area contributed by atoms with E-state index in [0.29, 0.717) is 32.8 Å². The zero-order valence-corrected chi connectivity index (χ0v) is 20.2. The van der Waals surface area contributed by atoms with E-state index in [9.17, 15) is 9.59 Å². The molecule has 2 amide bonds. The number of rotatable bonds is 5. The molecule has 2 heterocycles. The number of carbonyl (C=O) groups excluding carboxylic acids is 2. The first-order valence-corrected chi connectivity index (χ1v) is 12.2. The molecule has 1 aromatic carbocycles. The Kier molecular flexibility index (Phi) is 7.02. The molecule has 0 aromatic heterocycles. The van der Waals surface area contributed by atoms with Gasteiger partial charge in [-0.25, -0.2) is 4.79 Å². The van der Waals surface area contributed by atoms with Gasteiger partial charge in [-0.05, 0) is 51.3 Å². The van der Waals surface area contributed by atoms with Crippen molar-refractivity contribution in [2.45, 2.75) is 57.5 Å². The maximum Gasteiger partial charge on any atom is 0.410 e. The van der Waals surface area contributed by atoms with E-state index in [1.54, 1.807) is 4.90 Å². The van der Waals surface area contributed by atoms with Crippen LogP contribution in [0.15, 0.2) is 18.2 Å². The Morgan fingerprint density at radius 1 is 1.03 bits per heavy atom. The molecule has 0 bridgehead atoms. The standard InChI is InChI=1S/C25H37N3O5/c1-24(2,3)33-23(30)28-14-12-27(13-15-28)11-10-26-22(29)25(8-4-5-9-25)19-6-7-20-21(18-19)32-17-16-31-20/h6-7,18H,4-5,8-17H2,1-3H3,(H,26,29). The molecular weight excluding hydrogens is 422 g/mol. The largest absolute Gasteiger partial charge is 0.486 e. The summed E-state index contributed by atoms with van der Waals surface area (Å²) < 4.78 is 16.9. The van der Waals surface area contributed by atoms with Gasteiger partial charge in [0.25, 0.3) is 0 Å². The zero-order valence-electron chi connectivity index (χ0n) is 20.2. The van der Waals surface area contributed by atoms with Crippen LogP contribution in [0.4, 0.5) is 4.79 Å². The van der Waals surface area contributed by atoms with Crippen LogP contribution in [0.5, 0.6) is 11.5 Å². The minimum absolute atomic E-state index is 0.101. The minimum atomic E-state index is -0.495. The number of nitrogens with zero attached hydrogens (tertiary/aromatic N) is 2.